The monoisotopic (exact) mass is 376 g/mol. The number of carbonyl (C=O) groups excluding carboxylic acids is 1. The van der Waals surface area contributed by atoms with Crippen LogP contribution in [0.2, 0.25) is 10.0 Å². The molecule has 5 nitrogen and oxygen atoms in total. The van der Waals surface area contributed by atoms with Crippen LogP contribution >= 0.6 is 23.2 Å². The number of amides is 2. The van der Waals surface area contributed by atoms with Crippen LogP contribution in [0.3, 0.4) is 0 Å². The molecule has 2 aromatic carbocycles. The molecule has 0 aliphatic rings. The lowest BCUT2D eigenvalue weighted by Crippen LogP contribution is -2.34. The van der Waals surface area contributed by atoms with E-state index in [0.717, 1.165) is 11.6 Å². The van der Waals surface area contributed by atoms with Gasteiger partial charge in [0.15, 0.2) is 0 Å². The third kappa shape index (κ3) is 4.34. The van der Waals surface area contributed by atoms with Crippen molar-refractivity contribution in [3.05, 3.63) is 57.8 Å². The Hall–Kier alpha value is -1.83. The number of anilines is 1. The molecular weight excluding hydrogens is 366 g/mol. The highest BCUT2D eigenvalue weighted by Crippen LogP contribution is 2.28. The SMILES string of the molecule is Cc1ccc(S(=O)(=O)NC(=O)Nc2cc(F)c(Cl)c(Cl)c2)cc1. The second kappa shape index (κ2) is 6.74. The Bertz CT molecular complexity index is 832. The van der Waals surface area contributed by atoms with E-state index in [2.05, 4.69) is 5.32 Å². The van der Waals surface area contributed by atoms with Crippen LogP contribution in [0.25, 0.3) is 0 Å². The summed E-state index contributed by atoms with van der Waals surface area (Å²) >= 11 is 11.2. The predicted molar refractivity (Wildman–Crippen MR) is 86.9 cm³/mol. The molecule has 0 radical (unpaired) electrons. The zero-order valence-electron chi connectivity index (χ0n) is 11.7. The number of rotatable bonds is 3. The smallest absolute Gasteiger partial charge is 0.307 e. The van der Waals surface area contributed by atoms with Gasteiger partial charge < -0.3 is 5.32 Å². The fourth-order valence-corrected chi connectivity index (χ4v) is 2.91. The summed E-state index contributed by atoms with van der Waals surface area (Å²) in [5.41, 5.74) is 0.841. The van der Waals surface area contributed by atoms with Crippen LogP contribution in [-0.4, -0.2) is 14.4 Å². The van der Waals surface area contributed by atoms with Crippen molar-refractivity contribution in [2.24, 2.45) is 0 Å². The molecule has 2 rings (SSSR count). The fraction of sp³-hybridized carbons (Fsp3) is 0.0714. The topological polar surface area (TPSA) is 75.3 Å². The van der Waals surface area contributed by atoms with Gasteiger partial charge >= 0.3 is 6.03 Å². The van der Waals surface area contributed by atoms with Gasteiger partial charge in [-0.3, -0.25) is 0 Å². The minimum atomic E-state index is -4.04. The van der Waals surface area contributed by atoms with Gasteiger partial charge in [0.1, 0.15) is 5.82 Å². The number of carbonyl (C=O) groups is 1. The van der Waals surface area contributed by atoms with Gasteiger partial charge in [-0.15, -0.1) is 0 Å². The molecule has 0 spiro atoms. The Morgan fingerprint density at radius 2 is 1.74 bits per heavy atom. The molecule has 0 saturated heterocycles. The highest BCUT2D eigenvalue weighted by molar-refractivity contribution is 7.90. The summed E-state index contributed by atoms with van der Waals surface area (Å²) in [6, 6.07) is 7.00. The van der Waals surface area contributed by atoms with E-state index in [1.807, 2.05) is 4.72 Å². The Morgan fingerprint density at radius 3 is 2.30 bits per heavy atom. The van der Waals surface area contributed by atoms with Crippen molar-refractivity contribution in [1.29, 1.82) is 0 Å². The second-order valence-corrected chi connectivity index (χ2v) is 7.09. The van der Waals surface area contributed by atoms with Gasteiger partial charge in [0, 0.05) is 5.69 Å². The van der Waals surface area contributed by atoms with Gasteiger partial charge in [-0.1, -0.05) is 40.9 Å². The summed E-state index contributed by atoms with van der Waals surface area (Å²) in [5.74, 6) is -0.837. The highest BCUT2D eigenvalue weighted by atomic mass is 35.5. The van der Waals surface area contributed by atoms with Gasteiger partial charge in [-0.25, -0.2) is 22.3 Å². The first-order chi connectivity index (χ1) is 10.7. The molecule has 0 bridgehead atoms. The van der Waals surface area contributed by atoms with Crippen molar-refractivity contribution >= 4 is 44.9 Å². The molecule has 0 unspecified atom stereocenters. The molecule has 0 aliphatic carbocycles. The van der Waals surface area contributed by atoms with Crippen LogP contribution in [0, 0.1) is 12.7 Å². The van der Waals surface area contributed by atoms with Gasteiger partial charge in [0.05, 0.1) is 14.9 Å². The zero-order chi connectivity index (χ0) is 17.2. The Balaban J connectivity index is 2.14. The van der Waals surface area contributed by atoms with Crippen molar-refractivity contribution in [3.63, 3.8) is 0 Å². The average molecular weight is 377 g/mol. The van der Waals surface area contributed by atoms with Crippen molar-refractivity contribution in [1.82, 2.24) is 4.72 Å². The van der Waals surface area contributed by atoms with Crippen molar-refractivity contribution in [2.45, 2.75) is 11.8 Å². The minimum absolute atomic E-state index is 0.0338. The number of hydrogen-bond acceptors (Lipinski definition) is 3. The number of aryl methyl sites for hydroxylation is 1. The molecule has 2 aromatic rings. The van der Waals surface area contributed by atoms with E-state index < -0.39 is 21.9 Å². The first-order valence-electron chi connectivity index (χ1n) is 6.24. The summed E-state index contributed by atoms with van der Waals surface area (Å²) in [7, 11) is -4.04. The van der Waals surface area contributed by atoms with Crippen LogP contribution < -0.4 is 10.0 Å². The molecule has 0 aliphatic heterocycles. The molecule has 2 amide bonds. The lowest BCUT2D eigenvalue weighted by molar-refractivity contribution is 0.256. The highest BCUT2D eigenvalue weighted by Gasteiger charge is 2.18. The Kier molecular flexibility index (Phi) is 5.13. The summed E-state index contributed by atoms with van der Waals surface area (Å²) in [4.78, 5) is 11.7. The molecule has 9 heteroatoms. The third-order valence-corrected chi connectivity index (χ3v) is 4.93. The van der Waals surface area contributed by atoms with E-state index in [-0.39, 0.29) is 20.6 Å². The summed E-state index contributed by atoms with van der Waals surface area (Å²) < 4.78 is 39.3. The molecule has 0 saturated carbocycles. The molecule has 2 N–H and O–H groups in total. The molecule has 0 atom stereocenters. The summed E-state index contributed by atoms with van der Waals surface area (Å²) in [6.45, 7) is 1.80. The first-order valence-corrected chi connectivity index (χ1v) is 8.48. The van der Waals surface area contributed by atoms with Gasteiger partial charge in [-0.05, 0) is 31.2 Å². The number of halogens is 3. The van der Waals surface area contributed by atoms with E-state index in [1.54, 1.807) is 19.1 Å². The van der Waals surface area contributed by atoms with Crippen LogP contribution in [-0.2, 0) is 10.0 Å². The Morgan fingerprint density at radius 1 is 1.13 bits per heavy atom. The van der Waals surface area contributed by atoms with E-state index in [0.29, 0.717) is 0 Å². The van der Waals surface area contributed by atoms with Crippen molar-refractivity contribution in [2.75, 3.05) is 5.32 Å². The summed E-state index contributed by atoms with van der Waals surface area (Å²) in [5, 5.41) is 1.78. The maximum Gasteiger partial charge on any atom is 0.333 e. The molecule has 0 heterocycles. The number of sulfonamides is 1. The number of urea groups is 1. The van der Waals surface area contributed by atoms with Crippen molar-refractivity contribution < 1.29 is 17.6 Å². The van der Waals surface area contributed by atoms with E-state index in [1.165, 1.54) is 18.2 Å². The van der Waals surface area contributed by atoms with Crippen LogP contribution in [0.1, 0.15) is 5.56 Å². The van der Waals surface area contributed by atoms with Crippen LogP contribution in [0.4, 0.5) is 14.9 Å². The lowest BCUT2D eigenvalue weighted by Gasteiger charge is -2.10. The van der Waals surface area contributed by atoms with E-state index >= 15 is 0 Å². The molecular formula is C14H11Cl2FN2O3S. The number of hydrogen-bond donors (Lipinski definition) is 2. The lowest BCUT2D eigenvalue weighted by atomic mass is 10.2. The normalized spacial score (nSPS) is 11.1. The molecule has 122 valence electrons. The summed E-state index contributed by atoms with van der Waals surface area (Å²) in [6.07, 6.45) is 0. The fourth-order valence-electron chi connectivity index (χ4n) is 1.68. The largest absolute Gasteiger partial charge is 0.333 e. The number of benzene rings is 2. The molecule has 0 aromatic heterocycles. The average Bonchev–Trinajstić information content (AvgIpc) is 2.44. The van der Waals surface area contributed by atoms with Gasteiger partial charge in [0.25, 0.3) is 10.0 Å². The van der Waals surface area contributed by atoms with Gasteiger partial charge in [0.2, 0.25) is 0 Å². The first kappa shape index (κ1) is 17.5. The van der Waals surface area contributed by atoms with E-state index in [9.17, 15) is 17.6 Å². The predicted octanol–water partition coefficient (Wildman–Crippen LogP) is 3.95. The van der Waals surface area contributed by atoms with Crippen LogP contribution in [0.15, 0.2) is 41.3 Å². The molecule has 0 fully saturated rings. The minimum Gasteiger partial charge on any atom is -0.307 e. The maximum atomic E-state index is 13.4. The maximum absolute atomic E-state index is 13.4. The second-order valence-electron chi connectivity index (χ2n) is 4.63. The Labute approximate surface area is 142 Å². The van der Waals surface area contributed by atoms with Crippen molar-refractivity contribution in [3.8, 4) is 0 Å². The standard InChI is InChI=1S/C14H11Cl2FN2O3S/c1-8-2-4-10(5-3-8)23(21,22)19-14(20)18-9-6-11(15)13(16)12(17)7-9/h2-7H,1H3,(H2,18,19,20). The van der Waals surface area contributed by atoms with Gasteiger partial charge in [-0.2, -0.15) is 0 Å². The third-order valence-electron chi connectivity index (χ3n) is 2.80. The zero-order valence-corrected chi connectivity index (χ0v) is 14.1. The van der Waals surface area contributed by atoms with Crippen LogP contribution in [0.5, 0.6) is 0 Å². The van der Waals surface area contributed by atoms with E-state index in [4.69, 9.17) is 23.2 Å². The quantitative estimate of drug-likeness (QED) is 0.796. The molecule has 23 heavy (non-hydrogen) atoms. The number of nitrogens with one attached hydrogen (secondary N) is 2.